The number of hydrogen-bond acceptors (Lipinski definition) is 14. The minimum Gasteiger partial charge on any atom is -0.459 e. The maximum absolute atomic E-state index is 14.4. The summed E-state index contributed by atoms with van der Waals surface area (Å²) in [6.07, 6.45) is -1.76. The van der Waals surface area contributed by atoms with Crippen LogP contribution in [0.5, 0.6) is 5.75 Å². The SMILES string of the molecule is CN(NS(C)(=O)=O)c1ncnc2c1ncn2[C@@H]1OC(OP(=O)(NC(C)(C)C(=O)OCc2ccccc2)Oc2ccc(Cl)cc2)C(O)[C@@]1(C)O. The first kappa shape index (κ1) is 36.6. The van der Waals surface area contributed by atoms with Crippen LogP contribution < -0.4 is 19.5 Å². The van der Waals surface area contributed by atoms with Gasteiger partial charge >= 0.3 is 13.7 Å². The van der Waals surface area contributed by atoms with Crippen molar-refractivity contribution >= 4 is 52.3 Å². The van der Waals surface area contributed by atoms with Gasteiger partial charge in [0.25, 0.3) is 0 Å². The Labute approximate surface area is 286 Å². The number of carbonyl (C=O) groups excluding carboxylic acids is 1. The smallest absolute Gasteiger partial charge is 0.459 e. The van der Waals surface area contributed by atoms with Crippen LogP contribution in [0.3, 0.4) is 0 Å². The Kier molecular flexibility index (Phi) is 10.4. The van der Waals surface area contributed by atoms with Gasteiger partial charge in [-0.2, -0.15) is 5.09 Å². The molecule has 2 aromatic carbocycles. The fraction of sp³-hybridized carbons (Fsp3) is 0.379. The van der Waals surface area contributed by atoms with Gasteiger partial charge in [0.05, 0.1) is 12.6 Å². The highest BCUT2D eigenvalue weighted by molar-refractivity contribution is 7.88. The average Bonchev–Trinajstić information content (AvgIpc) is 3.54. The number of carbonyl (C=O) groups is 1. The molecule has 0 bridgehead atoms. The molecule has 3 heterocycles. The molecule has 0 saturated carbocycles. The van der Waals surface area contributed by atoms with Crippen molar-refractivity contribution in [2.24, 2.45) is 0 Å². The molecule has 2 aromatic heterocycles. The zero-order valence-electron chi connectivity index (χ0n) is 26.9. The van der Waals surface area contributed by atoms with Gasteiger partial charge in [0.15, 0.2) is 23.2 Å². The van der Waals surface area contributed by atoms with Crippen LogP contribution in [0.2, 0.25) is 5.02 Å². The van der Waals surface area contributed by atoms with E-state index in [0.717, 1.165) is 23.2 Å². The van der Waals surface area contributed by atoms with Gasteiger partial charge in [-0.1, -0.05) is 41.9 Å². The van der Waals surface area contributed by atoms with Crippen molar-refractivity contribution in [3.8, 4) is 5.75 Å². The molecule has 1 fully saturated rings. The van der Waals surface area contributed by atoms with Crippen molar-refractivity contribution in [3.63, 3.8) is 0 Å². The molecule has 0 aliphatic carbocycles. The van der Waals surface area contributed by atoms with Crippen LogP contribution in [0.1, 0.15) is 32.6 Å². The number of aliphatic hydroxyl groups excluding tert-OH is 1. The fourth-order valence-electron chi connectivity index (χ4n) is 4.87. The van der Waals surface area contributed by atoms with E-state index in [4.69, 9.17) is 30.1 Å². The van der Waals surface area contributed by atoms with Crippen LogP contribution in [0.15, 0.2) is 67.3 Å². The standard InChI is InChI=1S/C29H35ClN7O10PS/c1-28(2,27(39)44-15-18-9-7-6-8-10-18)34-48(41,46-20-13-11-19(30)12-14-20)47-25-22(38)29(3,40)26(45-25)37-17-33-21-23(31-16-32-24(21)37)36(4)35-49(5,42)43/h6-14,16-17,22,25-26,35,38,40H,15H2,1-5H3,(H,34,41)/t22?,25?,26-,29-,48?/m1/s1. The number of hydrogen-bond donors (Lipinski definition) is 4. The van der Waals surface area contributed by atoms with Gasteiger partial charge in [-0.15, -0.1) is 4.83 Å². The molecule has 264 valence electrons. The van der Waals surface area contributed by atoms with Crippen LogP contribution in [-0.2, 0) is 40.0 Å². The van der Waals surface area contributed by atoms with E-state index in [2.05, 4.69) is 24.9 Å². The first-order chi connectivity index (χ1) is 22.9. The molecule has 49 heavy (non-hydrogen) atoms. The number of imidazole rings is 1. The zero-order chi connectivity index (χ0) is 35.8. The van der Waals surface area contributed by atoms with Gasteiger partial charge in [0.2, 0.25) is 16.3 Å². The third kappa shape index (κ3) is 8.37. The molecular formula is C29H35ClN7O10PS. The summed E-state index contributed by atoms with van der Waals surface area (Å²) in [6.45, 7) is 3.99. The number of sulfonamides is 1. The van der Waals surface area contributed by atoms with E-state index in [1.807, 2.05) is 6.07 Å². The Balaban J connectivity index is 1.42. The minimum absolute atomic E-state index is 0.0288. The van der Waals surface area contributed by atoms with Crippen LogP contribution in [-0.4, -0.2) is 81.0 Å². The second-order valence-corrected chi connectivity index (χ2v) is 15.7. The van der Waals surface area contributed by atoms with Crippen molar-refractivity contribution in [1.29, 1.82) is 0 Å². The highest BCUT2D eigenvalue weighted by Crippen LogP contribution is 2.52. The van der Waals surface area contributed by atoms with Crippen molar-refractivity contribution in [1.82, 2.24) is 29.4 Å². The maximum atomic E-state index is 14.4. The molecule has 5 atom stereocenters. The molecule has 0 radical (unpaired) electrons. The summed E-state index contributed by atoms with van der Waals surface area (Å²) < 4.78 is 62.2. The van der Waals surface area contributed by atoms with Crippen LogP contribution in [0.4, 0.5) is 5.82 Å². The summed E-state index contributed by atoms with van der Waals surface area (Å²) >= 11 is 6.00. The number of halogens is 1. The van der Waals surface area contributed by atoms with Crippen LogP contribution >= 0.6 is 19.3 Å². The van der Waals surface area contributed by atoms with E-state index in [-0.39, 0.29) is 29.3 Å². The number of nitrogens with one attached hydrogen (secondary N) is 2. The lowest BCUT2D eigenvalue weighted by Crippen LogP contribution is -2.48. The van der Waals surface area contributed by atoms with E-state index >= 15 is 0 Å². The highest BCUT2D eigenvalue weighted by atomic mass is 35.5. The molecule has 4 N–H and O–H groups in total. The molecule has 1 saturated heterocycles. The maximum Gasteiger partial charge on any atom is 0.462 e. The molecule has 20 heteroatoms. The molecule has 1 aliphatic heterocycles. The highest BCUT2D eigenvalue weighted by Gasteiger charge is 2.57. The van der Waals surface area contributed by atoms with Crippen molar-refractivity contribution in [2.45, 2.75) is 57.1 Å². The number of fused-ring (bicyclic) bond motifs is 1. The Hall–Kier alpha value is -3.71. The number of aromatic nitrogens is 4. The van der Waals surface area contributed by atoms with Gasteiger partial charge in [0.1, 0.15) is 35.9 Å². The first-order valence-electron chi connectivity index (χ1n) is 14.6. The number of benzene rings is 2. The lowest BCUT2D eigenvalue weighted by atomic mass is 9.99. The molecule has 0 spiro atoms. The van der Waals surface area contributed by atoms with Gasteiger partial charge in [-0.3, -0.25) is 18.9 Å². The minimum atomic E-state index is -4.68. The largest absolute Gasteiger partial charge is 0.462 e. The number of rotatable bonds is 13. The van der Waals surface area contributed by atoms with Crippen LogP contribution in [0.25, 0.3) is 11.2 Å². The Morgan fingerprint density at radius 2 is 1.84 bits per heavy atom. The van der Waals surface area contributed by atoms with Crippen LogP contribution in [0, 0.1) is 0 Å². The Morgan fingerprint density at radius 1 is 1.16 bits per heavy atom. The monoisotopic (exact) mass is 739 g/mol. The number of nitrogens with zero attached hydrogens (tertiary/aromatic N) is 5. The topological polar surface area (TPSA) is 217 Å². The van der Waals surface area contributed by atoms with E-state index in [9.17, 15) is 28.0 Å². The molecular weight excluding hydrogens is 705 g/mol. The van der Waals surface area contributed by atoms with Crippen molar-refractivity contribution in [2.75, 3.05) is 18.3 Å². The molecule has 4 aromatic rings. The van der Waals surface area contributed by atoms with Gasteiger partial charge in [-0.25, -0.2) is 27.9 Å². The lowest BCUT2D eigenvalue weighted by molar-refractivity contribution is -0.152. The summed E-state index contributed by atoms with van der Waals surface area (Å²) in [5.41, 5.74) is -2.86. The van der Waals surface area contributed by atoms with Crippen molar-refractivity contribution in [3.05, 3.63) is 77.8 Å². The number of esters is 1. The van der Waals surface area contributed by atoms with E-state index in [0.29, 0.717) is 5.02 Å². The lowest BCUT2D eigenvalue weighted by Gasteiger charge is -2.31. The van der Waals surface area contributed by atoms with Gasteiger partial charge < -0.3 is 24.2 Å². The number of hydrazine groups is 1. The fourth-order valence-corrected chi connectivity index (χ4v) is 7.34. The van der Waals surface area contributed by atoms with Crippen molar-refractivity contribution < 1.29 is 46.5 Å². The zero-order valence-corrected chi connectivity index (χ0v) is 29.4. The van der Waals surface area contributed by atoms with Gasteiger partial charge in [0, 0.05) is 12.1 Å². The third-order valence-electron chi connectivity index (χ3n) is 7.25. The predicted molar refractivity (Wildman–Crippen MR) is 176 cm³/mol. The summed E-state index contributed by atoms with van der Waals surface area (Å²) in [5, 5.41) is 26.8. The van der Waals surface area contributed by atoms with Gasteiger partial charge in [-0.05, 0) is 50.6 Å². The van der Waals surface area contributed by atoms with E-state index in [1.54, 1.807) is 24.3 Å². The Morgan fingerprint density at radius 3 is 2.49 bits per heavy atom. The second-order valence-electron chi connectivity index (χ2n) is 11.9. The normalized spacial score (nSPS) is 22.5. The number of ether oxygens (including phenoxy) is 2. The number of aliphatic hydroxyl groups is 2. The number of anilines is 1. The van der Waals surface area contributed by atoms with E-state index < -0.39 is 53.5 Å². The average molecular weight is 740 g/mol. The Bertz CT molecular complexity index is 1960. The molecule has 5 rings (SSSR count). The summed E-state index contributed by atoms with van der Waals surface area (Å²) in [6, 6.07) is 14.7. The predicted octanol–water partition coefficient (Wildman–Crippen LogP) is 2.66. The third-order valence-corrected chi connectivity index (χ3v) is 9.88. The summed E-state index contributed by atoms with van der Waals surface area (Å²) in [7, 11) is -6.94. The molecule has 17 nitrogen and oxygen atoms in total. The first-order valence-corrected chi connectivity index (χ1v) is 18.4. The summed E-state index contributed by atoms with van der Waals surface area (Å²) in [5.74, 6) is -0.693. The molecule has 3 unspecified atom stereocenters. The quantitative estimate of drug-likeness (QED) is 0.0881. The molecule has 0 amide bonds. The van der Waals surface area contributed by atoms with E-state index in [1.165, 1.54) is 63.0 Å². The molecule has 1 aliphatic rings. The summed E-state index contributed by atoms with van der Waals surface area (Å²) in [4.78, 5) is 28.0. The second kappa shape index (κ2) is 13.9.